The van der Waals surface area contributed by atoms with E-state index in [0.717, 1.165) is 11.4 Å². The van der Waals surface area contributed by atoms with Crippen LogP contribution in [0.3, 0.4) is 0 Å². The first-order valence-corrected chi connectivity index (χ1v) is 5.83. The molecule has 0 fully saturated rings. The lowest BCUT2D eigenvalue weighted by Gasteiger charge is -2.30. The summed E-state index contributed by atoms with van der Waals surface area (Å²) in [5.41, 5.74) is 0.893. The number of aliphatic hydroxyl groups is 2. The molecular weight excluding hydrogens is 204 g/mol. The molecule has 1 aromatic heterocycles. The molecule has 92 valence electrons. The van der Waals surface area contributed by atoms with E-state index in [1.54, 1.807) is 4.68 Å². The molecule has 0 saturated heterocycles. The SMILES string of the molecule is CCC(O)(CC)C(O)Cc1cc(C)nn1C. The summed E-state index contributed by atoms with van der Waals surface area (Å²) in [4.78, 5) is 0. The Balaban J connectivity index is 2.77. The first-order chi connectivity index (χ1) is 7.42. The summed E-state index contributed by atoms with van der Waals surface area (Å²) in [7, 11) is 1.85. The van der Waals surface area contributed by atoms with Crippen molar-refractivity contribution in [3.05, 3.63) is 17.5 Å². The van der Waals surface area contributed by atoms with E-state index < -0.39 is 11.7 Å². The molecular formula is C12H22N2O2. The van der Waals surface area contributed by atoms with Crippen LogP contribution in [0.4, 0.5) is 0 Å². The Hall–Kier alpha value is -0.870. The molecule has 1 heterocycles. The van der Waals surface area contributed by atoms with Crippen LogP contribution >= 0.6 is 0 Å². The third-order valence-electron chi connectivity index (χ3n) is 3.35. The first kappa shape index (κ1) is 13.2. The lowest BCUT2D eigenvalue weighted by atomic mass is 9.88. The Morgan fingerprint density at radius 3 is 2.38 bits per heavy atom. The van der Waals surface area contributed by atoms with Crippen LogP contribution in [0.15, 0.2) is 6.07 Å². The molecule has 2 N–H and O–H groups in total. The second-order valence-electron chi connectivity index (χ2n) is 4.43. The molecule has 0 radical (unpaired) electrons. The topological polar surface area (TPSA) is 58.3 Å². The van der Waals surface area contributed by atoms with E-state index in [1.807, 2.05) is 33.9 Å². The number of hydrogen-bond donors (Lipinski definition) is 2. The second-order valence-corrected chi connectivity index (χ2v) is 4.43. The van der Waals surface area contributed by atoms with Gasteiger partial charge in [0.15, 0.2) is 0 Å². The van der Waals surface area contributed by atoms with Gasteiger partial charge >= 0.3 is 0 Å². The first-order valence-electron chi connectivity index (χ1n) is 5.83. The van der Waals surface area contributed by atoms with Crippen molar-refractivity contribution in [1.29, 1.82) is 0 Å². The molecule has 0 aromatic carbocycles. The molecule has 4 nitrogen and oxygen atoms in total. The van der Waals surface area contributed by atoms with Crippen LogP contribution in [0.2, 0.25) is 0 Å². The summed E-state index contributed by atoms with van der Waals surface area (Å²) >= 11 is 0. The summed E-state index contributed by atoms with van der Waals surface area (Å²) in [5, 5.41) is 24.5. The van der Waals surface area contributed by atoms with E-state index >= 15 is 0 Å². The van der Waals surface area contributed by atoms with E-state index in [9.17, 15) is 10.2 Å². The second kappa shape index (κ2) is 4.97. The minimum atomic E-state index is -0.988. The Morgan fingerprint density at radius 1 is 1.44 bits per heavy atom. The van der Waals surface area contributed by atoms with Crippen molar-refractivity contribution in [2.75, 3.05) is 0 Å². The molecule has 0 aliphatic carbocycles. The van der Waals surface area contributed by atoms with E-state index in [4.69, 9.17) is 0 Å². The van der Waals surface area contributed by atoms with Gasteiger partial charge in [-0.3, -0.25) is 4.68 Å². The summed E-state index contributed by atoms with van der Waals surface area (Å²) in [6.07, 6.45) is 0.815. The highest BCUT2D eigenvalue weighted by molar-refractivity contribution is 5.10. The summed E-state index contributed by atoms with van der Waals surface area (Å²) in [5.74, 6) is 0. The Kier molecular flexibility index (Phi) is 4.10. The molecule has 1 rings (SSSR count). The molecule has 0 bridgehead atoms. The van der Waals surface area contributed by atoms with Crippen LogP contribution in [-0.4, -0.2) is 31.7 Å². The molecule has 16 heavy (non-hydrogen) atoms. The molecule has 0 aliphatic rings. The maximum Gasteiger partial charge on any atom is 0.0904 e. The molecule has 1 unspecified atom stereocenters. The lowest BCUT2D eigenvalue weighted by Crippen LogP contribution is -2.42. The predicted octanol–water partition coefficient (Wildman–Crippen LogP) is 1.18. The van der Waals surface area contributed by atoms with Crippen LogP contribution in [0.25, 0.3) is 0 Å². The van der Waals surface area contributed by atoms with Crippen LogP contribution in [0.5, 0.6) is 0 Å². The van der Waals surface area contributed by atoms with Crippen molar-refractivity contribution in [3.8, 4) is 0 Å². The number of rotatable bonds is 5. The maximum absolute atomic E-state index is 10.2. The van der Waals surface area contributed by atoms with Crippen molar-refractivity contribution in [3.63, 3.8) is 0 Å². The van der Waals surface area contributed by atoms with E-state index in [0.29, 0.717) is 19.3 Å². The monoisotopic (exact) mass is 226 g/mol. The predicted molar refractivity (Wildman–Crippen MR) is 63.2 cm³/mol. The third kappa shape index (κ3) is 2.62. The quantitative estimate of drug-likeness (QED) is 0.792. The Morgan fingerprint density at radius 2 is 2.00 bits per heavy atom. The fraction of sp³-hybridized carbons (Fsp3) is 0.750. The van der Waals surface area contributed by atoms with Crippen molar-refractivity contribution >= 4 is 0 Å². The summed E-state index contributed by atoms with van der Waals surface area (Å²) in [6, 6.07) is 1.94. The number of aryl methyl sites for hydroxylation is 2. The molecule has 1 atom stereocenters. The molecule has 0 aliphatic heterocycles. The number of nitrogens with zero attached hydrogens (tertiary/aromatic N) is 2. The van der Waals surface area contributed by atoms with Crippen molar-refractivity contribution in [2.24, 2.45) is 7.05 Å². The highest BCUT2D eigenvalue weighted by atomic mass is 16.3. The number of hydrogen-bond acceptors (Lipinski definition) is 3. The Labute approximate surface area is 96.9 Å². The molecule has 0 saturated carbocycles. The van der Waals surface area contributed by atoms with Gasteiger partial charge in [0.1, 0.15) is 0 Å². The van der Waals surface area contributed by atoms with Gasteiger partial charge in [-0.1, -0.05) is 13.8 Å². The van der Waals surface area contributed by atoms with Gasteiger partial charge in [-0.05, 0) is 25.8 Å². The molecule has 0 amide bonds. The third-order valence-corrected chi connectivity index (χ3v) is 3.35. The van der Waals surface area contributed by atoms with Crippen LogP contribution < -0.4 is 0 Å². The van der Waals surface area contributed by atoms with Gasteiger partial charge in [-0.25, -0.2) is 0 Å². The summed E-state index contributed by atoms with van der Waals surface area (Å²) in [6.45, 7) is 5.70. The van der Waals surface area contributed by atoms with Crippen molar-refractivity contribution < 1.29 is 10.2 Å². The fourth-order valence-electron chi connectivity index (χ4n) is 1.96. The Bertz CT molecular complexity index is 343. The van der Waals surface area contributed by atoms with Gasteiger partial charge < -0.3 is 10.2 Å². The van der Waals surface area contributed by atoms with Gasteiger partial charge in [0, 0.05) is 19.2 Å². The number of aromatic nitrogens is 2. The van der Waals surface area contributed by atoms with Crippen molar-refractivity contribution in [2.45, 2.75) is 51.7 Å². The molecule has 1 aromatic rings. The smallest absolute Gasteiger partial charge is 0.0904 e. The average molecular weight is 226 g/mol. The van der Waals surface area contributed by atoms with Crippen LogP contribution in [0.1, 0.15) is 38.1 Å². The van der Waals surface area contributed by atoms with Crippen LogP contribution in [-0.2, 0) is 13.5 Å². The molecule has 0 spiro atoms. The number of aliphatic hydroxyl groups excluding tert-OH is 1. The minimum absolute atomic E-state index is 0.440. The minimum Gasteiger partial charge on any atom is -0.390 e. The van der Waals surface area contributed by atoms with Gasteiger partial charge in [0.2, 0.25) is 0 Å². The largest absolute Gasteiger partial charge is 0.390 e. The zero-order chi connectivity index (χ0) is 12.3. The van der Waals surface area contributed by atoms with Gasteiger partial charge in [-0.15, -0.1) is 0 Å². The van der Waals surface area contributed by atoms with Crippen LogP contribution in [0, 0.1) is 6.92 Å². The zero-order valence-electron chi connectivity index (χ0n) is 10.6. The fourth-order valence-corrected chi connectivity index (χ4v) is 1.96. The normalized spacial score (nSPS) is 14.1. The standard InChI is InChI=1S/C12H22N2O2/c1-5-12(16,6-2)11(15)8-10-7-9(3)13-14(10)4/h7,11,15-16H,5-6,8H2,1-4H3. The van der Waals surface area contributed by atoms with Gasteiger partial charge in [0.05, 0.1) is 17.4 Å². The lowest BCUT2D eigenvalue weighted by molar-refractivity contribution is -0.0796. The van der Waals surface area contributed by atoms with E-state index in [1.165, 1.54) is 0 Å². The molecule has 4 heteroatoms. The highest BCUT2D eigenvalue weighted by Crippen LogP contribution is 2.22. The average Bonchev–Trinajstić information content (AvgIpc) is 2.56. The van der Waals surface area contributed by atoms with Crippen molar-refractivity contribution in [1.82, 2.24) is 9.78 Å². The maximum atomic E-state index is 10.2. The zero-order valence-corrected chi connectivity index (χ0v) is 10.6. The highest BCUT2D eigenvalue weighted by Gasteiger charge is 2.32. The van der Waals surface area contributed by atoms with Gasteiger partial charge in [0.25, 0.3) is 0 Å². The van der Waals surface area contributed by atoms with Gasteiger partial charge in [-0.2, -0.15) is 5.10 Å². The van der Waals surface area contributed by atoms with E-state index in [-0.39, 0.29) is 0 Å². The van der Waals surface area contributed by atoms with E-state index in [2.05, 4.69) is 5.10 Å². The summed E-state index contributed by atoms with van der Waals surface area (Å²) < 4.78 is 1.75.